The fraction of sp³-hybridized carbons (Fsp3) is 0.400. The van der Waals surface area contributed by atoms with Crippen molar-refractivity contribution in [3.05, 3.63) is 111 Å². The number of aromatic amines is 1. The number of pyridine rings is 2. The second-order valence-electron chi connectivity index (χ2n) is 16.9. The number of aromatic nitrogens is 3. The van der Waals surface area contributed by atoms with Gasteiger partial charge in [0, 0.05) is 81.2 Å². The molecule has 15 nitrogen and oxygen atoms in total. The van der Waals surface area contributed by atoms with Crippen LogP contribution in [0.3, 0.4) is 0 Å². The summed E-state index contributed by atoms with van der Waals surface area (Å²) < 4.78 is 41.0. The highest BCUT2D eigenvalue weighted by molar-refractivity contribution is 7.90. The molecule has 5 heterocycles. The molecule has 1 saturated carbocycles. The van der Waals surface area contributed by atoms with E-state index < -0.39 is 31.4 Å². The molecule has 0 atom stereocenters. The molecule has 2 aromatic carbocycles. The number of halogens is 1. The SMILES string of the molecule is O=C(NS(=O)(=O)c1ccc(NCC2CCOCC2)c([N+](=O)[O-])c1)c1ncc(N2CCN(CC3=C(c4ccc(Cl)cc4)CC4(CCC4)CC3)CC2)cc1Oc1cnc2[nH]ccc2c1. The molecule has 3 aromatic heterocycles. The van der Waals surface area contributed by atoms with Gasteiger partial charge in [-0.05, 0) is 104 Å². The van der Waals surface area contributed by atoms with Crippen LogP contribution in [0.4, 0.5) is 17.1 Å². The van der Waals surface area contributed by atoms with Gasteiger partial charge >= 0.3 is 0 Å². The van der Waals surface area contributed by atoms with Crippen molar-refractivity contribution >= 4 is 61.2 Å². The number of nitro groups is 1. The van der Waals surface area contributed by atoms with Gasteiger partial charge in [-0.3, -0.25) is 19.8 Å². The lowest BCUT2D eigenvalue weighted by atomic mass is 9.59. The maximum atomic E-state index is 13.9. The van der Waals surface area contributed by atoms with Crippen molar-refractivity contribution in [2.75, 3.05) is 62.7 Å². The Hall–Kier alpha value is -5.55. The molecule has 2 aliphatic heterocycles. The van der Waals surface area contributed by atoms with E-state index in [1.165, 1.54) is 60.7 Å². The van der Waals surface area contributed by atoms with Gasteiger partial charge in [-0.25, -0.2) is 23.1 Å². The summed E-state index contributed by atoms with van der Waals surface area (Å²) in [7, 11) is -4.59. The normalized spacial score (nSPS) is 18.4. The summed E-state index contributed by atoms with van der Waals surface area (Å²) in [6.07, 6.45) is 13.8. The number of hydrogen-bond donors (Lipinski definition) is 3. The van der Waals surface area contributed by atoms with Gasteiger partial charge in [0.05, 0.1) is 27.9 Å². The molecular weight excluding hydrogens is 832 g/mol. The van der Waals surface area contributed by atoms with E-state index in [4.69, 9.17) is 21.1 Å². The van der Waals surface area contributed by atoms with Crippen molar-refractivity contribution in [3.63, 3.8) is 0 Å². The summed E-state index contributed by atoms with van der Waals surface area (Å²) >= 11 is 6.27. The number of benzene rings is 2. The average Bonchev–Trinajstić information content (AvgIpc) is 3.74. The summed E-state index contributed by atoms with van der Waals surface area (Å²) in [6, 6.07) is 17.1. The highest BCUT2D eigenvalue weighted by Crippen LogP contribution is 2.55. The number of piperazine rings is 1. The summed E-state index contributed by atoms with van der Waals surface area (Å²) in [6.45, 7) is 5.64. The Morgan fingerprint density at radius 1 is 1.00 bits per heavy atom. The standard InChI is InChI=1S/C45H49ClN8O7S/c46-34-4-2-31(3-5-34)38-25-45(12-1-13-45)14-8-33(38)29-52-16-18-53(19-17-52)35-23-41(61-36-22-32-9-15-47-43(32)50-28-36)42(49-27-35)44(55)51-62(58,59)37-6-7-39(40(24-37)54(56)57)48-26-30-10-20-60-21-11-30/h2-7,9,15,22-24,27-28,30,48H,1,8,10-14,16-21,25-26,29H2,(H,47,50)(H,51,55). The minimum absolute atomic E-state index is 0.0258. The monoisotopic (exact) mass is 880 g/mol. The predicted octanol–water partition coefficient (Wildman–Crippen LogP) is 8.20. The number of allylic oxidation sites excluding steroid dienone is 1. The average molecular weight is 881 g/mol. The van der Waals surface area contributed by atoms with Gasteiger partial charge < -0.3 is 24.7 Å². The minimum atomic E-state index is -4.59. The number of ether oxygens (including phenoxy) is 2. The molecule has 2 aliphatic carbocycles. The predicted molar refractivity (Wildman–Crippen MR) is 237 cm³/mol. The van der Waals surface area contributed by atoms with Gasteiger partial charge in [0.1, 0.15) is 17.1 Å². The van der Waals surface area contributed by atoms with E-state index in [9.17, 15) is 23.3 Å². The Labute approximate surface area is 365 Å². The molecule has 0 bridgehead atoms. The number of hydrogen-bond acceptors (Lipinski definition) is 12. The number of anilines is 2. The number of sulfonamides is 1. The molecular formula is C45H49ClN8O7S. The topological polar surface area (TPSA) is 185 Å². The van der Waals surface area contributed by atoms with Crippen LogP contribution in [-0.4, -0.2) is 91.6 Å². The molecule has 1 spiro atoms. The zero-order valence-corrected chi connectivity index (χ0v) is 35.8. The zero-order valence-electron chi connectivity index (χ0n) is 34.3. The first-order valence-electron chi connectivity index (χ1n) is 21.2. The summed E-state index contributed by atoms with van der Waals surface area (Å²) in [5.74, 6) is -0.446. The number of nitro benzene ring substituents is 1. The van der Waals surface area contributed by atoms with E-state index in [1.54, 1.807) is 24.5 Å². The van der Waals surface area contributed by atoms with Crippen molar-refractivity contribution < 1.29 is 27.6 Å². The maximum absolute atomic E-state index is 13.9. The molecule has 0 radical (unpaired) electrons. The van der Waals surface area contributed by atoms with E-state index in [-0.39, 0.29) is 23.0 Å². The molecule has 3 N–H and O–H groups in total. The number of amides is 1. The zero-order chi connectivity index (χ0) is 42.8. The second-order valence-corrected chi connectivity index (χ2v) is 19.0. The van der Waals surface area contributed by atoms with E-state index >= 15 is 0 Å². The van der Waals surface area contributed by atoms with Crippen molar-refractivity contribution in [1.29, 1.82) is 0 Å². The molecule has 17 heteroatoms. The first-order valence-corrected chi connectivity index (χ1v) is 23.1. The molecule has 1 amide bonds. The van der Waals surface area contributed by atoms with Gasteiger partial charge in [0.25, 0.3) is 21.6 Å². The Morgan fingerprint density at radius 3 is 2.53 bits per heavy atom. The molecule has 62 heavy (non-hydrogen) atoms. The third kappa shape index (κ3) is 9.14. The Bertz CT molecular complexity index is 2620. The van der Waals surface area contributed by atoms with Gasteiger partial charge in [-0.2, -0.15) is 0 Å². The molecule has 0 unspecified atom stereocenters. The lowest BCUT2D eigenvalue weighted by molar-refractivity contribution is -0.384. The smallest absolute Gasteiger partial charge is 0.293 e. The van der Waals surface area contributed by atoms with Gasteiger partial charge in [-0.15, -0.1) is 0 Å². The van der Waals surface area contributed by atoms with Crippen LogP contribution in [0.1, 0.15) is 67.4 Å². The largest absolute Gasteiger partial charge is 0.453 e. The van der Waals surface area contributed by atoms with Crippen LogP contribution in [0.2, 0.25) is 5.02 Å². The number of nitrogens with one attached hydrogen (secondary N) is 3. The fourth-order valence-electron chi connectivity index (χ4n) is 9.20. The number of rotatable bonds is 13. The number of nitrogens with zero attached hydrogens (tertiary/aromatic N) is 5. The van der Waals surface area contributed by atoms with E-state index in [2.05, 4.69) is 46.9 Å². The lowest BCUT2D eigenvalue weighted by Gasteiger charge is -2.47. The molecule has 324 valence electrons. The Kier molecular flexibility index (Phi) is 11.9. The Morgan fingerprint density at radius 2 is 1.79 bits per heavy atom. The van der Waals surface area contributed by atoms with Crippen LogP contribution >= 0.6 is 11.6 Å². The van der Waals surface area contributed by atoms with Crippen LogP contribution in [0, 0.1) is 21.4 Å². The Balaban J connectivity index is 0.926. The van der Waals surface area contributed by atoms with E-state index in [0.717, 1.165) is 61.8 Å². The van der Waals surface area contributed by atoms with Crippen molar-refractivity contribution in [2.24, 2.45) is 11.3 Å². The second kappa shape index (κ2) is 17.7. The number of carbonyl (C=O) groups is 1. The molecule has 3 fully saturated rings. The molecule has 9 rings (SSSR count). The quantitative estimate of drug-likeness (QED) is 0.0762. The van der Waals surface area contributed by atoms with Gasteiger partial charge in [-0.1, -0.05) is 35.7 Å². The van der Waals surface area contributed by atoms with Crippen molar-refractivity contribution in [1.82, 2.24) is 24.6 Å². The van der Waals surface area contributed by atoms with Gasteiger partial charge in [0.2, 0.25) is 0 Å². The van der Waals surface area contributed by atoms with E-state index in [1.807, 2.05) is 18.2 Å². The lowest BCUT2D eigenvalue weighted by Crippen LogP contribution is -2.47. The molecule has 5 aromatic rings. The molecule has 2 saturated heterocycles. The van der Waals surface area contributed by atoms with Crippen LogP contribution < -0.4 is 19.7 Å². The van der Waals surface area contributed by atoms with Crippen molar-refractivity contribution in [3.8, 4) is 11.5 Å². The third-order valence-electron chi connectivity index (χ3n) is 13.0. The minimum Gasteiger partial charge on any atom is -0.453 e. The number of carbonyl (C=O) groups excluding carboxylic acids is 1. The number of H-pyrrole nitrogens is 1. The van der Waals surface area contributed by atoms with Crippen LogP contribution in [0.15, 0.2) is 89.7 Å². The third-order valence-corrected chi connectivity index (χ3v) is 14.6. The number of fused-ring (bicyclic) bond motifs is 1. The van der Waals surface area contributed by atoms with Gasteiger partial charge in [0.15, 0.2) is 11.4 Å². The van der Waals surface area contributed by atoms with Crippen LogP contribution in [0.5, 0.6) is 11.5 Å². The van der Waals surface area contributed by atoms with Crippen LogP contribution in [0.25, 0.3) is 16.6 Å². The summed E-state index contributed by atoms with van der Waals surface area (Å²) in [5.41, 5.74) is 5.52. The summed E-state index contributed by atoms with van der Waals surface area (Å²) in [5, 5.41) is 16.7. The summed E-state index contributed by atoms with van der Waals surface area (Å²) in [4.78, 5) is 41.4. The highest BCUT2D eigenvalue weighted by Gasteiger charge is 2.41. The first kappa shape index (κ1) is 41.8. The molecule has 4 aliphatic rings. The van der Waals surface area contributed by atoms with E-state index in [0.29, 0.717) is 55.3 Å². The fourth-order valence-corrected chi connectivity index (χ4v) is 10.3. The van der Waals surface area contributed by atoms with Crippen molar-refractivity contribution in [2.45, 2.75) is 56.3 Å². The highest BCUT2D eigenvalue weighted by atomic mass is 35.5. The van der Waals surface area contributed by atoms with Crippen LogP contribution in [-0.2, 0) is 14.8 Å². The first-order chi connectivity index (χ1) is 30.0. The maximum Gasteiger partial charge on any atom is 0.293 e.